The molecule has 0 bridgehead atoms. The molecule has 0 saturated heterocycles. The molecule has 0 unspecified atom stereocenters. The molecule has 7 heteroatoms. The van der Waals surface area contributed by atoms with Crippen LogP contribution in [0.25, 0.3) is 0 Å². The normalized spacial score (nSPS) is 9.24. The number of benzene rings is 1. The number of carbonyl (C=O) groups excluding carboxylic acids is 1. The molecule has 0 aliphatic heterocycles. The van der Waals surface area contributed by atoms with E-state index in [1.807, 2.05) is 0 Å². The fourth-order valence-electron chi connectivity index (χ4n) is 1.32. The molecule has 0 spiro atoms. The Hall–Kier alpha value is -2.62. The van der Waals surface area contributed by atoms with Gasteiger partial charge in [0.05, 0.1) is 24.7 Å². The lowest BCUT2D eigenvalue weighted by molar-refractivity contribution is -0.385. The zero-order chi connectivity index (χ0) is 13.0. The maximum Gasteiger partial charge on any atom is 0.348 e. The fraction of sp³-hybridized carbons (Fsp3) is 0.200. The standard InChI is InChI=1S/C10H8N2O5/c1-16-9-6(5-11)3-4-7(12(14)15)8(9)10(13)17-2/h3-4H,1-2H3. The van der Waals surface area contributed by atoms with Crippen molar-refractivity contribution in [3.05, 3.63) is 33.4 Å². The minimum atomic E-state index is -0.925. The second-order valence-electron chi connectivity index (χ2n) is 2.90. The fourth-order valence-corrected chi connectivity index (χ4v) is 1.32. The van der Waals surface area contributed by atoms with Gasteiger partial charge in [-0.25, -0.2) is 4.79 Å². The van der Waals surface area contributed by atoms with Crippen LogP contribution in [0.15, 0.2) is 12.1 Å². The average molecular weight is 236 g/mol. The lowest BCUT2D eigenvalue weighted by Crippen LogP contribution is -2.09. The van der Waals surface area contributed by atoms with Crippen molar-refractivity contribution in [2.24, 2.45) is 0 Å². The highest BCUT2D eigenvalue weighted by Crippen LogP contribution is 2.32. The number of nitrogens with zero attached hydrogens (tertiary/aromatic N) is 2. The van der Waals surface area contributed by atoms with Crippen LogP contribution < -0.4 is 4.74 Å². The van der Waals surface area contributed by atoms with Crippen molar-refractivity contribution in [2.75, 3.05) is 14.2 Å². The van der Waals surface area contributed by atoms with E-state index >= 15 is 0 Å². The first-order valence-electron chi connectivity index (χ1n) is 4.40. The van der Waals surface area contributed by atoms with Gasteiger partial charge in [0.2, 0.25) is 0 Å². The Bertz CT molecular complexity index is 518. The van der Waals surface area contributed by atoms with Crippen molar-refractivity contribution < 1.29 is 19.2 Å². The molecule has 0 aromatic heterocycles. The summed E-state index contributed by atoms with van der Waals surface area (Å²) in [5.41, 5.74) is -0.801. The molecule has 1 aromatic carbocycles. The van der Waals surface area contributed by atoms with Crippen LogP contribution in [0.4, 0.5) is 5.69 Å². The predicted octanol–water partition coefficient (Wildman–Crippen LogP) is 1.26. The summed E-state index contributed by atoms with van der Waals surface area (Å²) in [6, 6.07) is 4.05. The van der Waals surface area contributed by atoms with Gasteiger partial charge in [0.25, 0.3) is 5.69 Å². The Morgan fingerprint density at radius 2 is 2.12 bits per heavy atom. The second-order valence-corrected chi connectivity index (χ2v) is 2.90. The molecular weight excluding hydrogens is 228 g/mol. The zero-order valence-electron chi connectivity index (χ0n) is 9.09. The summed E-state index contributed by atoms with van der Waals surface area (Å²) in [7, 11) is 2.30. The summed E-state index contributed by atoms with van der Waals surface area (Å²) in [6.45, 7) is 0. The van der Waals surface area contributed by atoms with E-state index in [1.165, 1.54) is 13.2 Å². The number of rotatable bonds is 3. The molecule has 0 radical (unpaired) electrons. The monoisotopic (exact) mass is 236 g/mol. The summed E-state index contributed by atoms with van der Waals surface area (Å²) in [6.07, 6.45) is 0. The minimum Gasteiger partial charge on any atom is -0.494 e. The third-order valence-electron chi connectivity index (χ3n) is 2.05. The molecule has 0 aliphatic rings. The molecule has 0 aliphatic carbocycles. The highest BCUT2D eigenvalue weighted by molar-refractivity contribution is 5.97. The van der Waals surface area contributed by atoms with Crippen molar-refractivity contribution in [3.8, 4) is 11.8 Å². The first-order chi connectivity index (χ1) is 8.06. The van der Waals surface area contributed by atoms with Crippen LogP contribution in [0.1, 0.15) is 15.9 Å². The number of hydrogen-bond acceptors (Lipinski definition) is 6. The molecule has 0 fully saturated rings. The van der Waals surface area contributed by atoms with Gasteiger partial charge in [-0.15, -0.1) is 0 Å². The number of hydrogen-bond donors (Lipinski definition) is 0. The van der Waals surface area contributed by atoms with Crippen LogP contribution in [0.2, 0.25) is 0 Å². The molecule has 0 atom stereocenters. The summed E-state index contributed by atoms with van der Waals surface area (Å²) in [5, 5.41) is 19.6. The largest absolute Gasteiger partial charge is 0.494 e. The molecule has 0 saturated carbocycles. The Labute approximate surface area is 96.3 Å². The third-order valence-corrected chi connectivity index (χ3v) is 2.05. The first-order valence-corrected chi connectivity index (χ1v) is 4.40. The van der Waals surface area contributed by atoms with E-state index in [0.717, 1.165) is 13.2 Å². The van der Waals surface area contributed by atoms with Gasteiger partial charge in [-0.05, 0) is 6.07 Å². The molecule has 88 valence electrons. The number of carbonyl (C=O) groups is 1. The molecule has 0 N–H and O–H groups in total. The summed E-state index contributed by atoms with van der Waals surface area (Å²) in [5.74, 6) is -1.08. The molecule has 1 rings (SSSR count). The van der Waals surface area contributed by atoms with Crippen LogP contribution >= 0.6 is 0 Å². The Kier molecular flexibility index (Phi) is 3.62. The molecule has 7 nitrogen and oxygen atoms in total. The SMILES string of the molecule is COC(=O)c1c([N+](=O)[O-])ccc(C#N)c1OC. The molecule has 17 heavy (non-hydrogen) atoms. The maximum atomic E-state index is 11.5. The van der Waals surface area contributed by atoms with Gasteiger partial charge in [-0.2, -0.15) is 5.26 Å². The Morgan fingerprint density at radius 3 is 2.53 bits per heavy atom. The first kappa shape index (κ1) is 12.4. The van der Waals surface area contributed by atoms with Gasteiger partial charge in [0.1, 0.15) is 6.07 Å². The van der Waals surface area contributed by atoms with E-state index < -0.39 is 16.6 Å². The number of methoxy groups -OCH3 is 2. The second kappa shape index (κ2) is 4.94. The maximum absolute atomic E-state index is 11.5. The minimum absolute atomic E-state index is 0.0264. The smallest absolute Gasteiger partial charge is 0.348 e. The van der Waals surface area contributed by atoms with Gasteiger partial charge in [0.15, 0.2) is 11.3 Å². The molecule has 1 aromatic rings. The highest BCUT2D eigenvalue weighted by atomic mass is 16.6. The summed E-state index contributed by atoms with van der Waals surface area (Å²) < 4.78 is 9.29. The summed E-state index contributed by atoms with van der Waals surface area (Å²) >= 11 is 0. The van der Waals surface area contributed by atoms with Gasteiger partial charge in [-0.1, -0.05) is 0 Å². The summed E-state index contributed by atoms with van der Waals surface area (Å²) in [4.78, 5) is 21.5. The third kappa shape index (κ3) is 2.15. The highest BCUT2D eigenvalue weighted by Gasteiger charge is 2.28. The quantitative estimate of drug-likeness (QED) is 0.444. The number of nitriles is 1. The number of nitro groups is 1. The van der Waals surface area contributed by atoms with E-state index in [0.29, 0.717) is 0 Å². The van der Waals surface area contributed by atoms with E-state index in [4.69, 9.17) is 10.00 Å². The predicted molar refractivity (Wildman–Crippen MR) is 55.7 cm³/mol. The average Bonchev–Trinajstić information content (AvgIpc) is 2.35. The number of ether oxygens (including phenoxy) is 2. The topological polar surface area (TPSA) is 102 Å². The van der Waals surface area contributed by atoms with Crippen molar-refractivity contribution >= 4 is 11.7 Å². The van der Waals surface area contributed by atoms with Crippen molar-refractivity contribution in [2.45, 2.75) is 0 Å². The van der Waals surface area contributed by atoms with Crippen LogP contribution in [-0.2, 0) is 4.74 Å². The van der Waals surface area contributed by atoms with Gasteiger partial charge >= 0.3 is 5.97 Å². The van der Waals surface area contributed by atoms with E-state index in [1.54, 1.807) is 6.07 Å². The van der Waals surface area contributed by atoms with Crippen LogP contribution in [0, 0.1) is 21.4 Å². The van der Waals surface area contributed by atoms with Gasteiger partial charge in [-0.3, -0.25) is 10.1 Å². The van der Waals surface area contributed by atoms with Crippen molar-refractivity contribution in [1.29, 1.82) is 5.26 Å². The van der Waals surface area contributed by atoms with E-state index in [2.05, 4.69) is 4.74 Å². The van der Waals surface area contributed by atoms with Crippen LogP contribution in [-0.4, -0.2) is 25.1 Å². The zero-order valence-corrected chi connectivity index (χ0v) is 9.09. The Balaban J connectivity index is 3.63. The van der Waals surface area contributed by atoms with Crippen LogP contribution in [0.3, 0.4) is 0 Å². The number of nitro benzene ring substituents is 1. The molecule has 0 amide bonds. The van der Waals surface area contributed by atoms with Crippen molar-refractivity contribution in [3.63, 3.8) is 0 Å². The molecular formula is C10H8N2O5. The van der Waals surface area contributed by atoms with E-state index in [9.17, 15) is 14.9 Å². The van der Waals surface area contributed by atoms with Crippen molar-refractivity contribution in [1.82, 2.24) is 0 Å². The van der Waals surface area contributed by atoms with Gasteiger partial charge < -0.3 is 9.47 Å². The van der Waals surface area contributed by atoms with Gasteiger partial charge in [0, 0.05) is 6.07 Å². The Morgan fingerprint density at radius 1 is 1.47 bits per heavy atom. The van der Waals surface area contributed by atoms with Crippen LogP contribution in [0.5, 0.6) is 5.75 Å². The molecule has 0 heterocycles. The lowest BCUT2D eigenvalue weighted by Gasteiger charge is -2.08. The lowest BCUT2D eigenvalue weighted by atomic mass is 10.1. The van der Waals surface area contributed by atoms with E-state index in [-0.39, 0.29) is 16.9 Å². The number of esters is 1.